The number of aromatic nitrogens is 1. The molecule has 2 heteroatoms. The van der Waals surface area contributed by atoms with E-state index in [1.54, 1.807) is 0 Å². The number of fused-ring (bicyclic) bond motifs is 1. The normalized spacial score (nSPS) is 25.0. The summed E-state index contributed by atoms with van der Waals surface area (Å²) in [5, 5.41) is 12.1. The molecule has 3 rings (SSSR count). The van der Waals surface area contributed by atoms with Crippen LogP contribution in [0.4, 0.5) is 0 Å². The highest BCUT2D eigenvalue weighted by molar-refractivity contribution is 5.84. The first-order chi connectivity index (χ1) is 8.34. The van der Waals surface area contributed by atoms with Gasteiger partial charge in [0.25, 0.3) is 0 Å². The van der Waals surface area contributed by atoms with Gasteiger partial charge >= 0.3 is 0 Å². The molecule has 1 aliphatic carbocycles. The number of pyridine rings is 1. The second kappa shape index (κ2) is 4.46. The molecule has 0 unspecified atom stereocenters. The molecular weight excluding hydrogens is 210 g/mol. The molecule has 1 N–H and O–H groups in total. The Morgan fingerprint density at radius 3 is 2.59 bits per heavy atom. The van der Waals surface area contributed by atoms with Crippen LogP contribution in [0.1, 0.15) is 37.3 Å². The van der Waals surface area contributed by atoms with E-state index in [1.807, 2.05) is 6.20 Å². The molecule has 1 saturated carbocycles. The number of aliphatic hydroxyl groups is 1. The molecular formula is C15H17NO. The van der Waals surface area contributed by atoms with Crippen LogP contribution in [-0.2, 0) is 0 Å². The van der Waals surface area contributed by atoms with Crippen LogP contribution in [0, 0.1) is 0 Å². The molecule has 0 atom stereocenters. The Morgan fingerprint density at radius 1 is 1.00 bits per heavy atom. The Morgan fingerprint density at radius 2 is 1.76 bits per heavy atom. The SMILES string of the molecule is OC1CCC(c2nccc3ccccc23)CC1. The maximum absolute atomic E-state index is 9.57. The van der Waals surface area contributed by atoms with Gasteiger partial charge in [-0.25, -0.2) is 0 Å². The van der Waals surface area contributed by atoms with Gasteiger partial charge in [0.2, 0.25) is 0 Å². The molecule has 1 aromatic carbocycles. The molecule has 0 saturated heterocycles. The van der Waals surface area contributed by atoms with Crippen molar-refractivity contribution in [1.29, 1.82) is 0 Å². The van der Waals surface area contributed by atoms with Crippen LogP contribution in [0.5, 0.6) is 0 Å². The maximum Gasteiger partial charge on any atom is 0.0540 e. The molecule has 0 amide bonds. The number of rotatable bonds is 1. The molecule has 1 fully saturated rings. The van der Waals surface area contributed by atoms with Gasteiger partial charge in [0.05, 0.1) is 11.8 Å². The van der Waals surface area contributed by atoms with Crippen molar-refractivity contribution in [2.24, 2.45) is 0 Å². The van der Waals surface area contributed by atoms with E-state index in [0.717, 1.165) is 25.7 Å². The summed E-state index contributed by atoms with van der Waals surface area (Å²) in [5.41, 5.74) is 1.22. The minimum Gasteiger partial charge on any atom is -0.393 e. The molecule has 0 aliphatic heterocycles. The van der Waals surface area contributed by atoms with E-state index in [9.17, 15) is 5.11 Å². The van der Waals surface area contributed by atoms with E-state index in [1.165, 1.54) is 16.5 Å². The van der Waals surface area contributed by atoms with Crippen LogP contribution in [0.15, 0.2) is 36.5 Å². The minimum absolute atomic E-state index is 0.0961. The van der Waals surface area contributed by atoms with Crippen LogP contribution < -0.4 is 0 Å². The molecule has 1 aliphatic rings. The van der Waals surface area contributed by atoms with Gasteiger partial charge < -0.3 is 5.11 Å². The summed E-state index contributed by atoms with van der Waals surface area (Å²) in [4.78, 5) is 4.57. The van der Waals surface area contributed by atoms with E-state index in [0.29, 0.717) is 5.92 Å². The average Bonchev–Trinajstić information content (AvgIpc) is 2.39. The zero-order valence-electron chi connectivity index (χ0n) is 9.84. The van der Waals surface area contributed by atoms with Crippen LogP contribution in [0.2, 0.25) is 0 Å². The predicted molar refractivity (Wildman–Crippen MR) is 69.0 cm³/mol. The topological polar surface area (TPSA) is 33.1 Å². The second-order valence-electron chi connectivity index (χ2n) is 4.92. The van der Waals surface area contributed by atoms with Crippen LogP contribution in [0.25, 0.3) is 10.8 Å². The van der Waals surface area contributed by atoms with E-state index in [-0.39, 0.29) is 6.10 Å². The Kier molecular flexibility index (Phi) is 2.81. The van der Waals surface area contributed by atoms with Gasteiger partial charge in [-0.15, -0.1) is 0 Å². The largest absolute Gasteiger partial charge is 0.393 e. The van der Waals surface area contributed by atoms with Crippen molar-refractivity contribution in [2.75, 3.05) is 0 Å². The Bertz CT molecular complexity index is 510. The second-order valence-corrected chi connectivity index (χ2v) is 4.92. The van der Waals surface area contributed by atoms with Crippen LogP contribution in [-0.4, -0.2) is 16.2 Å². The number of hydrogen-bond acceptors (Lipinski definition) is 2. The third-order valence-electron chi connectivity index (χ3n) is 3.79. The predicted octanol–water partition coefficient (Wildman–Crippen LogP) is 3.25. The lowest BCUT2D eigenvalue weighted by Gasteiger charge is -2.25. The van der Waals surface area contributed by atoms with E-state index < -0.39 is 0 Å². The molecule has 0 spiro atoms. The zero-order chi connectivity index (χ0) is 11.7. The Balaban J connectivity index is 2.00. The van der Waals surface area contributed by atoms with Crippen molar-refractivity contribution >= 4 is 10.8 Å². The first-order valence-electron chi connectivity index (χ1n) is 6.36. The molecule has 0 bridgehead atoms. The van der Waals surface area contributed by atoms with Gasteiger partial charge in [0, 0.05) is 17.5 Å². The number of hydrogen-bond donors (Lipinski definition) is 1. The van der Waals surface area contributed by atoms with Crippen molar-refractivity contribution < 1.29 is 5.11 Å². The smallest absolute Gasteiger partial charge is 0.0540 e. The number of nitrogens with zero attached hydrogens (tertiary/aromatic N) is 1. The third-order valence-corrected chi connectivity index (χ3v) is 3.79. The molecule has 2 nitrogen and oxygen atoms in total. The van der Waals surface area contributed by atoms with Gasteiger partial charge in [-0.05, 0) is 37.1 Å². The summed E-state index contributed by atoms with van der Waals surface area (Å²) < 4.78 is 0. The van der Waals surface area contributed by atoms with Gasteiger partial charge in [0.1, 0.15) is 0 Å². The fourth-order valence-corrected chi connectivity index (χ4v) is 2.82. The highest BCUT2D eigenvalue weighted by Gasteiger charge is 2.22. The summed E-state index contributed by atoms with van der Waals surface area (Å²) in [5.74, 6) is 0.518. The average molecular weight is 227 g/mol. The van der Waals surface area contributed by atoms with Crippen LogP contribution >= 0.6 is 0 Å². The van der Waals surface area contributed by atoms with Gasteiger partial charge in [-0.3, -0.25) is 4.98 Å². The quantitative estimate of drug-likeness (QED) is 0.811. The monoisotopic (exact) mass is 227 g/mol. The molecule has 2 aromatic rings. The Hall–Kier alpha value is -1.41. The van der Waals surface area contributed by atoms with Crippen molar-refractivity contribution in [3.05, 3.63) is 42.2 Å². The fraction of sp³-hybridized carbons (Fsp3) is 0.400. The molecule has 88 valence electrons. The van der Waals surface area contributed by atoms with Crippen molar-refractivity contribution in [3.8, 4) is 0 Å². The highest BCUT2D eigenvalue weighted by atomic mass is 16.3. The van der Waals surface area contributed by atoms with Crippen molar-refractivity contribution in [2.45, 2.75) is 37.7 Å². The van der Waals surface area contributed by atoms with E-state index >= 15 is 0 Å². The summed E-state index contributed by atoms with van der Waals surface area (Å²) in [7, 11) is 0. The zero-order valence-corrected chi connectivity index (χ0v) is 9.84. The first kappa shape index (κ1) is 10.7. The summed E-state index contributed by atoms with van der Waals surface area (Å²) in [6.45, 7) is 0. The van der Waals surface area contributed by atoms with Crippen LogP contribution in [0.3, 0.4) is 0 Å². The van der Waals surface area contributed by atoms with Crippen molar-refractivity contribution in [3.63, 3.8) is 0 Å². The summed E-state index contributed by atoms with van der Waals surface area (Å²) in [6.07, 6.45) is 5.75. The third kappa shape index (κ3) is 2.05. The van der Waals surface area contributed by atoms with Gasteiger partial charge in [-0.2, -0.15) is 0 Å². The first-order valence-corrected chi connectivity index (χ1v) is 6.36. The number of aliphatic hydroxyl groups excluding tert-OH is 1. The molecule has 1 aromatic heterocycles. The fourth-order valence-electron chi connectivity index (χ4n) is 2.82. The lowest BCUT2D eigenvalue weighted by Crippen LogP contribution is -2.17. The highest BCUT2D eigenvalue weighted by Crippen LogP contribution is 2.34. The Labute approximate surface area is 101 Å². The number of benzene rings is 1. The maximum atomic E-state index is 9.57. The molecule has 17 heavy (non-hydrogen) atoms. The van der Waals surface area contributed by atoms with Gasteiger partial charge in [0.15, 0.2) is 0 Å². The lowest BCUT2D eigenvalue weighted by molar-refractivity contribution is 0.122. The standard InChI is InChI=1S/C15H17NO/c17-13-7-5-12(6-8-13)15-14-4-2-1-3-11(14)9-10-16-15/h1-4,9-10,12-13,17H,5-8H2. The summed E-state index contributed by atoms with van der Waals surface area (Å²) >= 11 is 0. The molecule has 0 radical (unpaired) electrons. The summed E-state index contributed by atoms with van der Waals surface area (Å²) in [6, 6.07) is 10.5. The van der Waals surface area contributed by atoms with Crippen molar-refractivity contribution in [1.82, 2.24) is 4.98 Å². The van der Waals surface area contributed by atoms with E-state index in [2.05, 4.69) is 35.3 Å². The lowest BCUT2D eigenvalue weighted by atomic mass is 9.83. The van der Waals surface area contributed by atoms with E-state index in [4.69, 9.17) is 0 Å². The van der Waals surface area contributed by atoms with Gasteiger partial charge in [-0.1, -0.05) is 24.3 Å². The molecule has 1 heterocycles. The minimum atomic E-state index is -0.0961.